The second-order valence-electron chi connectivity index (χ2n) is 4.14. The molecule has 1 aromatic rings. The van der Waals surface area contributed by atoms with Gasteiger partial charge in [-0.2, -0.15) is 0 Å². The van der Waals surface area contributed by atoms with Gasteiger partial charge in [0.1, 0.15) is 6.10 Å². The lowest BCUT2D eigenvalue weighted by Gasteiger charge is -2.18. The van der Waals surface area contributed by atoms with E-state index in [0.29, 0.717) is 28.2 Å². The van der Waals surface area contributed by atoms with Gasteiger partial charge in [0.15, 0.2) is 11.5 Å². The maximum absolute atomic E-state index is 10.6. The molecule has 1 atom stereocenters. The molecule has 0 aliphatic heterocycles. The first kappa shape index (κ1) is 15.0. The molecule has 0 spiro atoms. The molecule has 5 heteroatoms. The Hall–Kier alpha value is -2.01. The largest absolute Gasteiger partial charge is 0.493 e. The Morgan fingerprint density at radius 2 is 1.95 bits per heavy atom. The number of aliphatic hydroxyl groups is 1. The molecule has 5 nitrogen and oxygen atoms in total. The number of hydrogen-bond acceptors (Lipinski definition) is 4. The highest BCUT2D eigenvalue weighted by Crippen LogP contribution is 2.36. The van der Waals surface area contributed by atoms with Gasteiger partial charge in [-0.3, -0.25) is 0 Å². The van der Waals surface area contributed by atoms with Gasteiger partial charge in [-0.15, -0.1) is 0 Å². The molecule has 1 rings (SSSR count). The second-order valence-corrected chi connectivity index (χ2v) is 4.14. The van der Waals surface area contributed by atoms with Crippen LogP contribution in [0.5, 0.6) is 11.5 Å². The molecule has 104 valence electrons. The molecule has 0 bridgehead atoms. The first-order valence-corrected chi connectivity index (χ1v) is 5.73. The van der Waals surface area contributed by atoms with Crippen molar-refractivity contribution in [2.24, 2.45) is 0 Å². The number of carboxylic acids is 1. The summed E-state index contributed by atoms with van der Waals surface area (Å²) in [5.74, 6) is 0.00710. The third kappa shape index (κ3) is 3.26. The van der Waals surface area contributed by atoms with E-state index >= 15 is 0 Å². The van der Waals surface area contributed by atoms with Crippen LogP contribution in [0.3, 0.4) is 0 Å². The van der Waals surface area contributed by atoms with Crippen molar-refractivity contribution in [1.82, 2.24) is 0 Å². The maximum atomic E-state index is 10.6. The molecule has 0 saturated carbocycles. The normalized spacial score (nSPS) is 13.0. The van der Waals surface area contributed by atoms with E-state index < -0.39 is 12.1 Å². The fourth-order valence-electron chi connectivity index (χ4n) is 1.91. The summed E-state index contributed by atoms with van der Waals surface area (Å²) in [6, 6.07) is 3.37. The molecule has 0 aromatic heterocycles. The highest BCUT2D eigenvalue weighted by Gasteiger charge is 2.18. The van der Waals surface area contributed by atoms with E-state index in [0.717, 1.165) is 6.08 Å². The minimum Gasteiger partial charge on any atom is -0.493 e. The van der Waals surface area contributed by atoms with Crippen molar-refractivity contribution in [3.05, 3.63) is 34.9 Å². The number of ether oxygens (including phenoxy) is 2. The Morgan fingerprint density at radius 1 is 1.32 bits per heavy atom. The zero-order chi connectivity index (χ0) is 14.6. The number of aliphatic carboxylic acids is 1. The van der Waals surface area contributed by atoms with Crippen molar-refractivity contribution in [2.75, 3.05) is 14.2 Å². The van der Waals surface area contributed by atoms with Crippen molar-refractivity contribution in [3.63, 3.8) is 0 Å². The van der Waals surface area contributed by atoms with Gasteiger partial charge >= 0.3 is 5.97 Å². The molecule has 0 fully saturated rings. The topological polar surface area (TPSA) is 76.0 Å². The third-order valence-corrected chi connectivity index (χ3v) is 2.91. The average Bonchev–Trinajstić information content (AvgIpc) is 2.36. The number of aliphatic hydroxyl groups excluding tert-OH is 1. The lowest BCUT2D eigenvalue weighted by Crippen LogP contribution is -2.05. The van der Waals surface area contributed by atoms with Gasteiger partial charge < -0.3 is 19.7 Å². The quantitative estimate of drug-likeness (QED) is 0.798. The first-order valence-electron chi connectivity index (χ1n) is 5.73. The van der Waals surface area contributed by atoms with Gasteiger partial charge in [-0.1, -0.05) is 6.07 Å². The fraction of sp³-hybridized carbons (Fsp3) is 0.357. The summed E-state index contributed by atoms with van der Waals surface area (Å²) in [4.78, 5) is 10.6. The standard InChI is InChI=1S/C14H18O5/c1-8(7-12(15)16)13(17)10-5-6-11(18-3)14(19-4)9(10)2/h5-7,13,17H,1-4H3,(H,15,16)/b8-7+/t13-/m0/s1. The lowest BCUT2D eigenvalue weighted by atomic mass is 9.97. The molecule has 0 saturated heterocycles. The van der Waals surface area contributed by atoms with Crippen LogP contribution in [0, 0.1) is 6.92 Å². The van der Waals surface area contributed by atoms with Crippen LogP contribution in [0.15, 0.2) is 23.8 Å². The van der Waals surface area contributed by atoms with Gasteiger partial charge in [0.2, 0.25) is 0 Å². The number of carboxylic acid groups (broad SMARTS) is 1. The summed E-state index contributed by atoms with van der Waals surface area (Å²) in [5, 5.41) is 18.9. The molecule has 1 aromatic carbocycles. The Kier molecular flexibility index (Phi) is 4.94. The summed E-state index contributed by atoms with van der Waals surface area (Å²) >= 11 is 0. The van der Waals surface area contributed by atoms with Crippen molar-refractivity contribution >= 4 is 5.97 Å². The van der Waals surface area contributed by atoms with Crippen LogP contribution in [0.4, 0.5) is 0 Å². The fourth-order valence-corrected chi connectivity index (χ4v) is 1.91. The Balaban J connectivity index is 3.25. The summed E-state index contributed by atoms with van der Waals surface area (Å²) < 4.78 is 10.4. The molecule has 0 amide bonds. The molecule has 2 N–H and O–H groups in total. The van der Waals surface area contributed by atoms with E-state index in [4.69, 9.17) is 14.6 Å². The second kappa shape index (κ2) is 6.24. The van der Waals surface area contributed by atoms with Gasteiger partial charge in [0.05, 0.1) is 14.2 Å². The highest BCUT2D eigenvalue weighted by molar-refractivity contribution is 5.80. The smallest absolute Gasteiger partial charge is 0.328 e. The van der Waals surface area contributed by atoms with E-state index in [1.54, 1.807) is 26.0 Å². The molecule has 0 aliphatic carbocycles. The predicted molar refractivity (Wildman–Crippen MR) is 70.6 cm³/mol. The Morgan fingerprint density at radius 3 is 2.42 bits per heavy atom. The number of hydrogen-bond donors (Lipinski definition) is 2. The van der Waals surface area contributed by atoms with Crippen molar-refractivity contribution in [2.45, 2.75) is 20.0 Å². The van der Waals surface area contributed by atoms with Crippen molar-refractivity contribution < 1.29 is 24.5 Å². The highest BCUT2D eigenvalue weighted by atomic mass is 16.5. The monoisotopic (exact) mass is 266 g/mol. The van der Waals surface area contributed by atoms with Gasteiger partial charge in [-0.05, 0) is 31.1 Å². The summed E-state index contributed by atoms with van der Waals surface area (Å²) in [6.45, 7) is 3.35. The average molecular weight is 266 g/mol. The minimum atomic E-state index is -1.09. The molecule has 0 aliphatic rings. The number of carbonyl (C=O) groups is 1. The van der Waals surface area contributed by atoms with Crippen LogP contribution in [0.1, 0.15) is 24.2 Å². The van der Waals surface area contributed by atoms with Crippen LogP contribution in [0.25, 0.3) is 0 Å². The third-order valence-electron chi connectivity index (χ3n) is 2.91. The van der Waals surface area contributed by atoms with E-state index in [2.05, 4.69) is 0 Å². The van der Waals surface area contributed by atoms with E-state index in [1.165, 1.54) is 14.2 Å². The minimum absolute atomic E-state index is 0.350. The molecule has 0 heterocycles. The van der Waals surface area contributed by atoms with Crippen LogP contribution in [-0.4, -0.2) is 30.4 Å². The molecule has 0 unspecified atom stereocenters. The SMILES string of the molecule is COc1ccc([C@@H](O)/C(C)=C/C(=O)O)c(C)c1OC. The van der Waals surface area contributed by atoms with Crippen LogP contribution >= 0.6 is 0 Å². The van der Waals surface area contributed by atoms with E-state index in [9.17, 15) is 9.90 Å². The maximum Gasteiger partial charge on any atom is 0.328 e. The summed E-state index contributed by atoms with van der Waals surface area (Å²) in [6.07, 6.45) is -0.00298. The molecular weight excluding hydrogens is 248 g/mol. The molecular formula is C14H18O5. The predicted octanol–water partition coefficient (Wildman–Crippen LogP) is 2.08. The number of methoxy groups -OCH3 is 2. The first-order chi connectivity index (χ1) is 8.92. The number of benzene rings is 1. The van der Waals surface area contributed by atoms with Crippen molar-refractivity contribution in [1.29, 1.82) is 0 Å². The Labute approximate surface area is 112 Å². The van der Waals surface area contributed by atoms with Gasteiger partial charge in [-0.25, -0.2) is 4.79 Å². The van der Waals surface area contributed by atoms with Crippen LogP contribution < -0.4 is 9.47 Å². The lowest BCUT2D eigenvalue weighted by molar-refractivity contribution is -0.131. The number of rotatable bonds is 5. The van der Waals surface area contributed by atoms with Crippen LogP contribution in [-0.2, 0) is 4.79 Å². The summed E-state index contributed by atoms with van der Waals surface area (Å²) in [5.41, 5.74) is 1.66. The van der Waals surface area contributed by atoms with Gasteiger partial charge in [0.25, 0.3) is 0 Å². The van der Waals surface area contributed by atoms with Gasteiger partial charge in [0, 0.05) is 11.6 Å². The zero-order valence-electron chi connectivity index (χ0n) is 11.4. The van der Waals surface area contributed by atoms with E-state index in [-0.39, 0.29) is 0 Å². The molecule has 0 radical (unpaired) electrons. The summed E-state index contributed by atoms with van der Waals surface area (Å²) in [7, 11) is 3.05. The van der Waals surface area contributed by atoms with Crippen LogP contribution in [0.2, 0.25) is 0 Å². The van der Waals surface area contributed by atoms with Crippen molar-refractivity contribution in [3.8, 4) is 11.5 Å². The molecule has 19 heavy (non-hydrogen) atoms. The van der Waals surface area contributed by atoms with E-state index in [1.807, 2.05) is 0 Å². The zero-order valence-corrected chi connectivity index (χ0v) is 11.4. The Bertz CT molecular complexity index is 505.